The van der Waals surface area contributed by atoms with Crippen LogP contribution in [0.15, 0.2) is 36.8 Å². The minimum absolute atomic E-state index is 0.0438. The van der Waals surface area contributed by atoms with E-state index < -0.39 is 5.82 Å². The van der Waals surface area contributed by atoms with Crippen molar-refractivity contribution in [1.82, 2.24) is 9.97 Å². The molecule has 1 aromatic heterocycles. The first-order valence-electron chi connectivity index (χ1n) is 6.04. The zero-order chi connectivity index (χ0) is 13.7. The summed E-state index contributed by atoms with van der Waals surface area (Å²) in [4.78, 5) is 7.51. The lowest BCUT2D eigenvalue weighted by Gasteiger charge is -2.08. The molecule has 0 radical (unpaired) electrons. The lowest BCUT2D eigenvalue weighted by Crippen LogP contribution is -2.00. The summed E-state index contributed by atoms with van der Waals surface area (Å²) in [5.41, 5.74) is 0.600. The van der Waals surface area contributed by atoms with Crippen LogP contribution in [0.1, 0.15) is 7.79 Å². The van der Waals surface area contributed by atoms with Gasteiger partial charge in [0.05, 0.1) is 12.3 Å². The summed E-state index contributed by atoms with van der Waals surface area (Å²) < 4.78 is 26.5. The fraction of sp³-hybridized carbons (Fsp3) is 0.231. The number of benzene rings is 1. The Morgan fingerprint density at radius 2 is 2.28 bits per heavy atom. The monoisotopic (exact) mass is 249 g/mol. The summed E-state index contributed by atoms with van der Waals surface area (Å²) >= 11 is 0. The van der Waals surface area contributed by atoms with Gasteiger partial charge < -0.3 is 9.84 Å². The third kappa shape index (κ3) is 3.01. The van der Waals surface area contributed by atoms with Crippen LogP contribution in [0.4, 0.5) is 4.39 Å². The first-order valence-corrected chi connectivity index (χ1v) is 5.54. The predicted molar refractivity (Wildman–Crippen MR) is 64.6 cm³/mol. The molecule has 18 heavy (non-hydrogen) atoms. The third-order valence-corrected chi connectivity index (χ3v) is 2.32. The molecule has 0 spiro atoms. The second-order valence-electron chi connectivity index (χ2n) is 3.61. The van der Waals surface area contributed by atoms with Crippen LogP contribution in [-0.4, -0.2) is 28.3 Å². The van der Waals surface area contributed by atoms with Crippen molar-refractivity contribution >= 4 is 0 Å². The van der Waals surface area contributed by atoms with E-state index in [0.717, 1.165) is 0 Å². The summed E-state index contributed by atoms with van der Waals surface area (Å²) in [6.07, 6.45) is 1.75. The molecule has 2 aromatic rings. The van der Waals surface area contributed by atoms with Crippen LogP contribution < -0.4 is 4.74 Å². The maximum Gasteiger partial charge on any atom is 0.132 e. The van der Waals surface area contributed by atoms with Gasteiger partial charge in [-0.3, -0.25) is 0 Å². The van der Waals surface area contributed by atoms with Crippen molar-refractivity contribution in [3.05, 3.63) is 42.6 Å². The number of nitrogens with zero attached hydrogens (tertiary/aromatic N) is 2. The Labute approximate surface area is 106 Å². The van der Waals surface area contributed by atoms with E-state index in [9.17, 15) is 4.39 Å². The van der Waals surface area contributed by atoms with Gasteiger partial charge in [-0.2, -0.15) is 0 Å². The number of aliphatic hydroxyl groups excluding tert-OH is 1. The molecule has 1 aromatic carbocycles. The number of hydrogen-bond acceptors (Lipinski definition) is 4. The summed E-state index contributed by atoms with van der Waals surface area (Å²) in [6, 6.07) is 5.86. The van der Waals surface area contributed by atoms with Crippen LogP contribution in [0.5, 0.6) is 5.75 Å². The van der Waals surface area contributed by atoms with Crippen LogP contribution in [0.2, 0.25) is 0 Å². The molecule has 0 aliphatic rings. The maximum absolute atomic E-state index is 13.8. The Morgan fingerprint density at radius 1 is 1.39 bits per heavy atom. The molecular weight excluding hydrogens is 235 g/mol. The van der Waals surface area contributed by atoms with Gasteiger partial charge in [0.25, 0.3) is 0 Å². The van der Waals surface area contributed by atoms with E-state index in [1.165, 1.54) is 30.5 Å². The Bertz CT molecular complexity index is 566. The Balaban J connectivity index is 2.26. The lowest BCUT2D eigenvalue weighted by atomic mass is 10.1. The number of rotatable bonds is 5. The topological polar surface area (TPSA) is 55.2 Å². The first-order chi connectivity index (χ1) is 9.20. The van der Waals surface area contributed by atoms with Crippen LogP contribution in [-0.2, 0) is 0 Å². The molecule has 0 aliphatic carbocycles. The van der Waals surface area contributed by atoms with Crippen molar-refractivity contribution in [2.45, 2.75) is 6.42 Å². The summed E-state index contributed by atoms with van der Waals surface area (Å²) in [5.74, 6) is 0.0580. The number of aromatic nitrogens is 2. The van der Waals surface area contributed by atoms with Gasteiger partial charge in [-0.25, -0.2) is 14.4 Å². The summed E-state index contributed by atoms with van der Waals surface area (Å²) in [5, 5.41) is 8.67. The minimum Gasteiger partial charge on any atom is -0.493 e. The highest BCUT2D eigenvalue weighted by Crippen LogP contribution is 2.25. The molecule has 2 rings (SSSR count). The van der Waals surface area contributed by atoms with Gasteiger partial charge in [0, 0.05) is 24.8 Å². The largest absolute Gasteiger partial charge is 0.493 e. The third-order valence-electron chi connectivity index (χ3n) is 2.32. The van der Waals surface area contributed by atoms with Crippen molar-refractivity contribution < 1.29 is 15.6 Å². The molecule has 0 unspecified atom stereocenters. The summed E-state index contributed by atoms with van der Waals surface area (Å²) in [7, 11) is 0. The normalized spacial score (nSPS) is 11.1. The van der Waals surface area contributed by atoms with Crippen LogP contribution in [0.3, 0.4) is 0 Å². The molecule has 0 fully saturated rings. The van der Waals surface area contributed by atoms with Gasteiger partial charge in [0.15, 0.2) is 0 Å². The van der Waals surface area contributed by atoms with Gasteiger partial charge in [0.2, 0.25) is 0 Å². The lowest BCUT2D eigenvalue weighted by molar-refractivity contribution is 0.233. The van der Waals surface area contributed by atoms with Gasteiger partial charge in [0.1, 0.15) is 19.2 Å². The standard InChI is InChI=1S/C13H13FN2O2/c14-12-3-2-10(18-7-1-6-17)8-11(12)13-4-5-15-9-16-13/h2-5,8-9,17H,1,6-7H2/i9D. The van der Waals surface area contributed by atoms with E-state index in [0.29, 0.717) is 24.5 Å². The van der Waals surface area contributed by atoms with E-state index >= 15 is 0 Å². The maximum atomic E-state index is 13.8. The fourth-order valence-electron chi connectivity index (χ4n) is 1.46. The van der Waals surface area contributed by atoms with Crippen LogP contribution in [0.25, 0.3) is 11.3 Å². The van der Waals surface area contributed by atoms with E-state index in [4.69, 9.17) is 11.2 Å². The van der Waals surface area contributed by atoms with Gasteiger partial charge >= 0.3 is 0 Å². The zero-order valence-corrected chi connectivity index (χ0v) is 9.64. The Kier molecular flexibility index (Phi) is 3.74. The fourth-order valence-corrected chi connectivity index (χ4v) is 1.46. The van der Waals surface area contributed by atoms with E-state index in [1.807, 2.05) is 0 Å². The number of aliphatic hydroxyl groups is 1. The molecular formula is C13H13FN2O2. The molecule has 94 valence electrons. The average molecular weight is 249 g/mol. The van der Waals surface area contributed by atoms with Crippen molar-refractivity contribution in [2.75, 3.05) is 13.2 Å². The smallest absolute Gasteiger partial charge is 0.132 e. The van der Waals surface area contributed by atoms with E-state index in [1.54, 1.807) is 0 Å². The summed E-state index contributed by atoms with van der Waals surface area (Å²) in [6.45, 7) is 0.400. The van der Waals surface area contributed by atoms with Crippen molar-refractivity contribution in [3.63, 3.8) is 0 Å². The molecule has 0 atom stereocenters. The van der Waals surface area contributed by atoms with Gasteiger partial charge in [-0.1, -0.05) is 0 Å². The zero-order valence-electron chi connectivity index (χ0n) is 10.6. The highest BCUT2D eigenvalue weighted by atomic mass is 19.1. The Hall–Kier alpha value is -2.01. The molecule has 0 saturated carbocycles. The van der Waals surface area contributed by atoms with Gasteiger partial charge in [-0.05, 0) is 24.3 Å². The Morgan fingerprint density at radius 3 is 3.06 bits per heavy atom. The van der Waals surface area contributed by atoms with Gasteiger partial charge in [-0.15, -0.1) is 0 Å². The number of halogens is 1. The SMILES string of the molecule is [2H]c1nccc(-c2cc(OCCCO)ccc2F)n1. The van der Waals surface area contributed by atoms with Crippen molar-refractivity contribution in [3.8, 4) is 17.0 Å². The van der Waals surface area contributed by atoms with Crippen LogP contribution in [0, 0.1) is 5.82 Å². The molecule has 0 saturated heterocycles. The molecule has 0 bridgehead atoms. The van der Waals surface area contributed by atoms with Crippen molar-refractivity contribution in [1.29, 1.82) is 0 Å². The van der Waals surface area contributed by atoms with E-state index in [2.05, 4.69) is 9.97 Å². The second-order valence-corrected chi connectivity index (χ2v) is 3.61. The van der Waals surface area contributed by atoms with Crippen LogP contribution >= 0.6 is 0 Å². The second kappa shape index (κ2) is 6.07. The first kappa shape index (κ1) is 11.1. The molecule has 5 heteroatoms. The molecule has 0 amide bonds. The highest BCUT2D eigenvalue weighted by Gasteiger charge is 2.07. The van der Waals surface area contributed by atoms with E-state index in [-0.39, 0.29) is 18.5 Å². The molecule has 4 nitrogen and oxygen atoms in total. The number of ether oxygens (including phenoxy) is 1. The highest BCUT2D eigenvalue weighted by molar-refractivity contribution is 5.61. The minimum atomic E-state index is -0.437. The average Bonchev–Trinajstić information content (AvgIpc) is 2.41. The molecule has 1 heterocycles. The quantitative estimate of drug-likeness (QED) is 0.824. The molecule has 0 aliphatic heterocycles. The molecule has 1 N–H and O–H groups in total. The van der Waals surface area contributed by atoms with Crippen molar-refractivity contribution in [2.24, 2.45) is 0 Å². The number of hydrogen-bond donors (Lipinski definition) is 1. The predicted octanol–water partition coefficient (Wildman–Crippen LogP) is 2.04.